The summed E-state index contributed by atoms with van der Waals surface area (Å²) in [6.45, 7) is 6.88. The monoisotopic (exact) mass is 372 g/mol. The van der Waals surface area contributed by atoms with Gasteiger partial charge in [0, 0.05) is 10.8 Å². The van der Waals surface area contributed by atoms with Gasteiger partial charge in [-0.15, -0.1) is 0 Å². The minimum atomic E-state index is -3.61. The molecule has 136 valence electrons. The fourth-order valence-electron chi connectivity index (χ4n) is 1.64. The van der Waals surface area contributed by atoms with E-state index in [0.29, 0.717) is 0 Å². The first-order valence-electron chi connectivity index (χ1n) is 7.41. The molecule has 0 saturated carbocycles. The van der Waals surface area contributed by atoms with E-state index < -0.39 is 47.5 Å². The molecule has 0 spiro atoms. The Morgan fingerprint density at radius 1 is 0.957 bits per heavy atom. The van der Waals surface area contributed by atoms with E-state index in [1.807, 2.05) is 0 Å². The van der Waals surface area contributed by atoms with Crippen LogP contribution in [0.1, 0.15) is 34.1 Å². The van der Waals surface area contributed by atoms with Crippen LogP contribution in [0.4, 0.5) is 0 Å². The van der Waals surface area contributed by atoms with Crippen LogP contribution in [0.3, 0.4) is 0 Å². The quantitative estimate of drug-likeness (QED) is 0.377. The summed E-state index contributed by atoms with van der Waals surface area (Å²) in [7, 11) is -5.58. The number of hydrogen-bond acceptors (Lipinski definition) is 8. The van der Waals surface area contributed by atoms with Crippen molar-refractivity contribution in [1.29, 1.82) is 0 Å². The molecule has 0 aromatic heterocycles. The van der Waals surface area contributed by atoms with Gasteiger partial charge in [0.2, 0.25) is 0 Å². The average Bonchev–Trinajstić information content (AvgIpc) is 2.45. The van der Waals surface area contributed by atoms with E-state index in [-0.39, 0.29) is 26.4 Å². The van der Waals surface area contributed by atoms with Crippen LogP contribution in [0.2, 0.25) is 0 Å². The van der Waals surface area contributed by atoms with Crippen molar-refractivity contribution in [2.24, 2.45) is 0 Å². The van der Waals surface area contributed by atoms with Crippen molar-refractivity contribution in [1.82, 2.24) is 0 Å². The molecule has 0 aromatic carbocycles. The fraction of sp³-hybridized carbons (Fsp3) is 0.846. The molecule has 0 aliphatic carbocycles. The predicted molar refractivity (Wildman–Crippen MR) is 85.5 cm³/mol. The smallest absolute Gasteiger partial charge is 0.343 e. The van der Waals surface area contributed by atoms with Gasteiger partial charge in [-0.25, -0.2) is 0 Å². The molecular formula is C13H25O8PS. The van der Waals surface area contributed by atoms with Crippen LogP contribution >= 0.6 is 7.60 Å². The van der Waals surface area contributed by atoms with E-state index in [1.54, 1.807) is 27.7 Å². The Morgan fingerprint density at radius 2 is 1.48 bits per heavy atom. The lowest BCUT2D eigenvalue weighted by molar-refractivity contribution is -0.149. The Kier molecular flexibility index (Phi) is 11.3. The molecule has 8 nitrogen and oxygen atoms in total. The number of carbonyl (C=O) groups is 2. The molecule has 2 unspecified atom stereocenters. The van der Waals surface area contributed by atoms with Crippen molar-refractivity contribution in [3.05, 3.63) is 0 Å². The number of ether oxygens (including phenoxy) is 2. The zero-order valence-corrected chi connectivity index (χ0v) is 15.7. The van der Waals surface area contributed by atoms with Gasteiger partial charge in [0.15, 0.2) is 0 Å². The largest absolute Gasteiger partial charge is 0.466 e. The molecule has 0 radical (unpaired) electrons. The number of hydrogen-bond donors (Lipinski definition) is 0. The molecule has 0 saturated heterocycles. The molecule has 0 heterocycles. The third kappa shape index (κ3) is 8.60. The molecule has 0 bridgehead atoms. The van der Waals surface area contributed by atoms with E-state index in [1.165, 1.54) is 0 Å². The average molecular weight is 372 g/mol. The van der Waals surface area contributed by atoms with Crippen LogP contribution in [0.15, 0.2) is 0 Å². The summed E-state index contributed by atoms with van der Waals surface area (Å²) in [6.07, 6.45) is -0.419. The fourth-order valence-corrected chi connectivity index (χ4v) is 5.67. The Bertz CT molecular complexity index is 443. The summed E-state index contributed by atoms with van der Waals surface area (Å²) in [6, 6.07) is 0. The molecule has 0 aromatic rings. The second-order valence-electron chi connectivity index (χ2n) is 4.21. The molecule has 0 N–H and O–H groups in total. The minimum Gasteiger partial charge on any atom is -0.466 e. The highest BCUT2D eigenvalue weighted by Gasteiger charge is 2.36. The van der Waals surface area contributed by atoms with Gasteiger partial charge >= 0.3 is 19.5 Å². The third-order valence-corrected chi connectivity index (χ3v) is 7.04. The Labute approximate surface area is 139 Å². The van der Waals surface area contributed by atoms with Crippen LogP contribution < -0.4 is 0 Å². The van der Waals surface area contributed by atoms with Crippen molar-refractivity contribution in [3.63, 3.8) is 0 Å². The zero-order valence-electron chi connectivity index (χ0n) is 13.9. The molecule has 10 heteroatoms. The lowest BCUT2D eigenvalue weighted by Crippen LogP contribution is -2.33. The van der Waals surface area contributed by atoms with Crippen molar-refractivity contribution in [2.75, 3.05) is 31.9 Å². The maximum absolute atomic E-state index is 12.4. The molecule has 0 rings (SSSR count). The summed E-state index contributed by atoms with van der Waals surface area (Å²) in [5, 5.41) is -1.27. The van der Waals surface area contributed by atoms with Gasteiger partial charge in [0.1, 0.15) is 10.7 Å². The number of carbonyl (C=O) groups excluding carboxylic acids is 2. The van der Waals surface area contributed by atoms with Gasteiger partial charge in [-0.2, -0.15) is 0 Å². The Balaban J connectivity index is 5.13. The van der Waals surface area contributed by atoms with Crippen molar-refractivity contribution < 1.29 is 36.9 Å². The lowest BCUT2D eigenvalue weighted by atomic mass is 10.3. The van der Waals surface area contributed by atoms with E-state index in [2.05, 4.69) is 0 Å². The first kappa shape index (κ1) is 22.2. The van der Waals surface area contributed by atoms with Crippen molar-refractivity contribution in [2.45, 2.75) is 39.4 Å². The first-order valence-corrected chi connectivity index (χ1v) is 10.5. The summed E-state index contributed by atoms with van der Waals surface area (Å²) < 4.78 is 44.5. The maximum Gasteiger partial charge on any atom is 0.343 e. The second-order valence-corrected chi connectivity index (χ2v) is 8.31. The second kappa shape index (κ2) is 11.7. The molecule has 0 amide bonds. The zero-order chi connectivity index (χ0) is 17.9. The number of esters is 2. The van der Waals surface area contributed by atoms with E-state index in [0.717, 1.165) is 0 Å². The molecule has 0 fully saturated rings. The molecule has 23 heavy (non-hydrogen) atoms. The number of rotatable bonds is 12. The Hall–Kier alpha value is -0.760. The lowest BCUT2D eigenvalue weighted by Gasteiger charge is -2.19. The normalized spacial score (nSPS) is 14.1. The van der Waals surface area contributed by atoms with Crippen molar-refractivity contribution >= 4 is 30.3 Å². The predicted octanol–water partition coefficient (Wildman–Crippen LogP) is 1.84. The summed E-state index contributed by atoms with van der Waals surface area (Å²) >= 11 is 0. The van der Waals surface area contributed by atoms with E-state index >= 15 is 0 Å². The highest BCUT2D eigenvalue weighted by atomic mass is 32.2. The summed E-state index contributed by atoms with van der Waals surface area (Å²) in [4.78, 5) is 23.5. The van der Waals surface area contributed by atoms with Gasteiger partial charge in [-0.1, -0.05) is 0 Å². The Morgan fingerprint density at radius 3 is 1.91 bits per heavy atom. The molecule has 0 aliphatic rings. The van der Waals surface area contributed by atoms with E-state index in [9.17, 15) is 18.4 Å². The van der Waals surface area contributed by atoms with Gasteiger partial charge in [-0.3, -0.25) is 18.4 Å². The van der Waals surface area contributed by atoms with E-state index in [4.69, 9.17) is 18.5 Å². The topological polar surface area (TPSA) is 105 Å². The SMILES string of the molecule is CCOC(=O)CC(C(=O)OCC)S(=O)CP(=O)(OCC)OCC. The highest BCUT2D eigenvalue weighted by Crippen LogP contribution is 2.49. The first-order chi connectivity index (χ1) is 10.8. The summed E-state index contributed by atoms with van der Waals surface area (Å²) in [5.41, 5.74) is -0.489. The van der Waals surface area contributed by atoms with Crippen LogP contribution in [0.5, 0.6) is 0 Å². The van der Waals surface area contributed by atoms with Gasteiger partial charge in [-0.05, 0) is 27.7 Å². The van der Waals surface area contributed by atoms with Gasteiger partial charge in [0.25, 0.3) is 0 Å². The van der Waals surface area contributed by atoms with Crippen LogP contribution in [-0.4, -0.2) is 53.3 Å². The molecule has 0 aliphatic heterocycles. The standard InChI is InChI=1S/C13H25O8PS/c1-5-18-12(14)9-11(13(15)19-6-2)23(17)10-22(16,20-7-3)21-8-4/h11H,5-10H2,1-4H3. The van der Waals surface area contributed by atoms with Gasteiger partial charge in [0.05, 0.1) is 32.8 Å². The van der Waals surface area contributed by atoms with Crippen LogP contribution in [0, 0.1) is 0 Å². The molecular weight excluding hydrogens is 347 g/mol. The highest BCUT2D eigenvalue weighted by molar-refractivity contribution is 7.93. The molecule has 2 atom stereocenters. The minimum absolute atomic E-state index is 0.0734. The van der Waals surface area contributed by atoms with Gasteiger partial charge < -0.3 is 18.5 Å². The van der Waals surface area contributed by atoms with Crippen LogP contribution in [-0.2, 0) is 43.5 Å². The van der Waals surface area contributed by atoms with Crippen molar-refractivity contribution in [3.8, 4) is 0 Å². The third-order valence-electron chi connectivity index (χ3n) is 2.46. The maximum atomic E-state index is 12.4. The summed E-state index contributed by atoms with van der Waals surface area (Å²) in [5.74, 6) is -1.49. The van der Waals surface area contributed by atoms with Crippen LogP contribution in [0.25, 0.3) is 0 Å².